The molecule has 172 valence electrons. The summed E-state index contributed by atoms with van der Waals surface area (Å²) in [5.74, 6) is 1.24. The number of hydrogen-bond acceptors (Lipinski definition) is 8. The van der Waals surface area contributed by atoms with Gasteiger partial charge in [-0.2, -0.15) is 4.31 Å². The highest BCUT2D eigenvalue weighted by Crippen LogP contribution is 2.32. The van der Waals surface area contributed by atoms with Gasteiger partial charge in [-0.3, -0.25) is 4.79 Å². The fourth-order valence-corrected chi connectivity index (χ4v) is 5.57. The lowest BCUT2D eigenvalue weighted by atomic mass is 10.2. The van der Waals surface area contributed by atoms with Gasteiger partial charge < -0.3 is 19.7 Å². The lowest BCUT2D eigenvalue weighted by molar-refractivity contribution is -0.120. The number of likely N-dealkylation sites (N-methyl/N-ethyl adjacent to an activating group) is 1. The normalized spacial score (nSPS) is 17.8. The van der Waals surface area contributed by atoms with Gasteiger partial charge in [0.25, 0.3) is 0 Å². The first-order valence-corrected chi connectivity index (χ1v) is 12.6. The number of thioether (sulfide) groups is 1. The Morgan fingerprint density at radius 3 is 2.62 bits per heavy atom. The van der Waals surface area contributed by atoms with Crippen LogP contribution in [-0.4, -0.2) is 73.8 Å². The topological polar surface area (TPSA) is 101 Å². The summed E-state index contributed by atoms with van der Waals surface area (Å²) in [7, 11) is -1.58. The summed E-state index contributed by atoms with van der Waals surface area (Å²) in [5.41, 5.74) is 0.913. The van der Waals surface area contributed by atoms with Crippen molar-refractivity contribution in [3.8, 4) is 11.5 Å². The lowest BCUT2D eigenvalue weighted by Crippen LogP contribution is -2.47. The second kappa shape index (κ2) is 9.65. The monoisotopic (exact) mass is 478 g/mol. The average Bonchev–Trinajstić information content (AvgIpc) is 3.26. The molecule has 1 saturated heterocycles. The number of carbonyl (C=O) groups excluding carboxylic acids is 1. The zero-order valence-corrected chi connectivity index (χ0v) is 19.6. The Labute approximate surface area is 192 Å². The number of rotatable bonds is 7. The summed E-state index contributed by atoms with van der Waals surface area (Å²) in [6.45, 7) is 4.72. The average molecular weight is 479 g/mol. The van der Waals surface area contributed by atoms with Gasteiger partial charge in [0.15, 0.2) is 11.5 Å². The van der Waals surface area contributed by atoms with Crippen molar-refractivity contribution in [3.05, 3.63) is 42.1 Å². The molecule has 1 aromatic heterocycles. The number of pyridine rings is 1. The Morgan fingerprint density at radius 1 is 1.16 bits per heavy atom. The maximum absolute atomic E-state index is 12.8. The van der Waals surface area contributed by atoms with Crippen molar-refractivity contribution >= 4 is 27.7 Å². The number of sulfonamides is 1. The first kappa shape index (κ1) is 22.8. The zero-order valence-electron chi connectivity index (χ0n) is 18.0. The third kappa shape index (κ3) is 5.17. The number of piperazine rings is 1. The van der Waals surface area contributed by atoms with Crippen molar-refractivity contribution in [2.45, 2.75) is 28.6 Å². The van der Waals surface area contributed by atoms with E-state index in [1.165, 1.54) is 22.3 Å². The molecule has 2 aliphatic heterocycles. The van der Waals surface area contributed by atoms with Crippen LogP contribution in [0, 0.1) is 0 Å². The minimum Gasteiger partial charge on any atom is -0.454 e. The van der Waals surface area contributed by atoms with Crippen LogP contribution in [0.4, 0.5) is 0 Å². The van der Waals surface area contributed by atoms with Crippen LogP contribution in [0.2, 0.25) is 0 Å². The van der Waals surface area contributed by atoms with Crippen LogP contribution < -0.4 is 14.8 Å². The van der Waals surface area contributed by atoms with E-state index in [1.54, 1.807) is 19.1 Å². The summed E-state index contributed by atoms with van der Waals surface area (Å²) in [6.07, 6.45) is 1.37. The van der Waals surface area contributed by atoms with Gasteiger partial charge >= 0.3 is 0 Å². The van der Waals surface area contributed by atoms with Gasteiger partial charge in [0, 0.05) is 38.9 Å². The first-order valence-electron chi connectivity index (χ1n) is 10.3. The smallest absolute Gasteiger partial charge is 0.244 e. The molecule has 11 heteroatoms. The molecule has 1 fully saturated rings. The Morgan fingerprint density at radius 2 is 1.91 bits per heavy atom. The highest BCUT2D eigenvalue weighted by Gasteiger charge is 2.28. The number of nitrogens with one attached hydrogen (secondary N) is 1. The minimum absolute atomic E-state index is 0.136. The second-order valence-corrected chi connectivity index (χ2v) is 11.0. The van der Waals surface area contributed by atoms with Crippen LogP contribution >= 0.6 is 11.8 Å². The predicted molar refractivity (Wildman–Crippen MR) is 120 cm³/mol. The first-order chi connectivity index (χ1) is 15.3. The number of fused-ring (bicyclic) bond motifs is 1. The fourth-order valence-electron chi connectivity index (χ4n) is 3.39. The van der Waals surface area contributed by atoms with E-state index in [-0.39, 0.29) is 17.6 Å². The molecule has 1 atom stereocenters. The number of carbonyl (C=O) groups is 1. The number of nitrogens with zero attached hydrogens (tertiary/aromatic N) is 3. The fraction of sp³-hybridized carbons (Fsp3) is 0.429. The summed E-state index contributed by atoms with van der Waals surface area (Å²) in [4.78, 5) is 19.0. The number of amides is 1. The molecule has 0 spiro atoms. The maximum Gasteiger partial charge on any atom is 0.244 e. The minimum atomic E-state index is -3.55. The maximum atomic E-state index is 12.8. The van der Waals surface area contributed by atoms with Gasteiger partial charge in [0.1, 0.15) is 4.90 Å². The van der Waals surface area contributed by atoms with Crippen LogP contribution in [0.3, 0.4) is 0 Å². The van der Waals surface area contributed by atoms with Crippen LogP contribution in [0.5, 0.6) is 11.5 Å². The highest BCUT2D eigenvalue weighted by atomic mass is 32.2. The lowest BCUT2D eigenvalue weighted by Gasteiger charge is -2.31. The summed E-state index contributed by atoms with van der Waals surface area (Å²) < 4.78 is 37.7. The van der Waals surface area contributed by atoms with Gasteiger partial charge in [0.2, 0.25) is 22.7 Å². The largest absolute Gasteiger partial charge is 0.454 e. The molecule has 0 saturated carbocycles. The van der Waals surface area contributed by atoms with E-state index in [1.807, 2.05) is 25.2 Å². The summed E-state index contributed by atoms with van der Waals surface area (Å²) in [6, 6.07) is 8.76. The van der Waals surface area contributed by atoms with Crippen molar-refractivity contribution in [3.63, 3.8) is 0 Å². The van der Waals surface area contributed by atoms with Gasteiger partial charge in [-0.05, 0) is 43.8 Å². The number of benzene rings is 1. The van der Waals surface area contributed by atoms with Crippen molar-refractivity contribution < 1.29 is 22.7 Å². The molecule has 9 nitrogen and oxygen atoms in total. The van der Waals surface area contributed by atoms with Gasteiger partial charge in [-0.15, -0.1) is 0 Å². The van der Waals surface area contributed by atoms with Crippen LogP contribution in [0.15, 0.2) is 46.5 Å². The predicted octanol–water partition coefficient (Wildman–Crippen LogP) is 1.54. The summed E-state index contributed by atoms with van der Waals surface area (Å²) in [5, 5.41) is 3.10. The third-order valence-corrected chi connectivity index (χ3v) is 8.31. The molecule has 0 radical (unpaired) electrons. The molecular weight excluding hydrogens is 452 g/mol. The van der Waals surface area contributed by atoms with E-state index in [2.05, 4.69) is 15.2 Å². The second-order valence-electron chi connectivity index (χ2n) is 7.70. The molecule has 0 bridgehead atoms. The number of ether oxygens (including phenoxy) is 2. The standard InChI is InChI=1S/C21H26N4O5S2/c1-15(21(26)23-12-16-3-5-18-19(11-16)30-14-29-18)31-20-6-4-17(13-22-20)32(27,28)25-9-7-24(2)8-10-25/h3-6,11,13,15H,7-10,12,14H2,1-2H3,(H,23,26). The Balaban J connectivity index is 1.31. The quantitative estimate of drug-likeness (QED) is 0.598. The van der Waals surface area contributed by atoms with Crippen molar-refractivity contribution in [2.75, 3.05) is 40.0 Å². The van der Waals surface area contributed by atoms with E-state index < -0.39 is 15.3 Å². The number of hydrogen-bond donors (Lipinski definition) is 1. The Hall–Kier alpha value is -2.34. The Bertz CT molecular complexity index is 1070. The molecule has 2 aromatic rings. The molecule has 32 heavy (non-hydrogen) atoms. The SMILES string of the molecule is CC(Sc1ccc(S(=O)(=O)N2CCN(C)CC2)cn1)C(=O)NCc1ccc2c(c1)OCO2. The van der Waals surface area contributed by atoms with Crippen LogP contribution in [0.25, 0.3) is 0 Å². The van der Waals surface area contributed by atoms with E-state index >= 15 is 0 Å². The van der Waals surface area contributed by atoms with Crippen LogP contribution in [0.1, 0.15) is 12.5 Å². The van der Waals surface area contributed by atoms with Crippen molar-refractivity contribution in [2.24, 2.45) is 0 Å². The summed E-state index contributed by atoms with van der Waals surface area (Å²) >= 11 is 1.28. The molecule has 4 rings (SSSR count). The van der Waals surface area contributed by atoms with Crippen molar-refractivity contribution in [1.29, 1.82) is 0 Å². The third-order valence-electron chi connectivity index (χ3n) is 5.38. The van der Waals surface area contributed by atoms with Crippen LogP contribution in [-0.2, 0) is 21.4 Å². The van der Waals surface area contributed by atoms with Gasteiger partial charge in [-0.25, -0.2) is 13.4 Å². The van der Waals surface area contributed by atoms with E-state index in [4.69, 9.17) is 9.47 Å². The molecule has 1 amide bonds. The van der Waals surface area contributed by atoms with Crippen molar-refractivity contribution in [1.82, 2.24) is 19.5 Å². The van der Waals surface area contributed by atoms with E-state index in [9.17, 15) is 13.2 Å². The van der Waals surface area contributed by atoms with E-state index in [0.717, 1.165) is 5.56 Å². The molecule has 1 unspecified atom stereocenters. The van der Waals surface area contributed by atoms with Gasteiger partial charge in [-0.1, -0.05) is 17.8 Å². The molecular formula is C21H26N4O5S2. The molecule has 2 aliphatic rings. The molecule has 0 aliphatic carbocycles. The Kier molecular flexibility index (Phi) is 6.89. The molecule has 3 heterocycles. The number of aromatic nitrogens is 1. The molecule has 1 N–H and O–H groups in total. The van der Waals surface area contributed by atoms with E-state index in [0.29, 0.717) is 49.2 Å². The highest BCUT2D eigenvalue weighted by molar-refractivity contribution is 8.00. The zero-order chi connectivity index (χ0) is 22.7. The van der Waals surface area contributed by atoms with Gasteiger partial charge in [0.05, 0.1) is 10.3 Å². The molecule has 1 aromatic carbocycles.